The van der Waals surface area contributed by atoms with Gasteiger partial charge >= 0.3 is 0 Å². The molecule has 0 spiro atoms. The Kier molecular flexibility index (Phi) is 7.85. The third-order valence-corrected chi connectivity index (χ3v) is 8.90. The van der Waals surface area contributed by atoms with Crippen molar-refractivity contribution in [3.8, 4) is 5.75 Å². The summed E-state index contributed by atoms with van der Waals surface area (Å²) < 4.78 is 34.0. The molecule has 6 nitrogen and oxygen atoms in total. The van der Waals surface area contributed by atoms with Crippen molar-refractivity contribution in [2.24, 2.45) is 5.92 Å². The summed E-state index contributed by atoms with van der Waals surface area (Å²) in [7, 11) is -1.79. The van der Waals surface area contributed by atoms with Crippen LogP contribution in [0.4, 0.5) is 0 Å². The number of benzene rings is 2. The van der Waals surface area contributed by atoms with Crippen molar-refractivity contribution < 1.29 is 17.9 Å². The third-order valence-electron chi connectivity index (χ3n) is 6.73. The SMILES string of the molecule is CCOc1ccc(CN(C)C(=O)C2CCN(S(=O)(=O)c3c(C)c(C)cc(C)c3C)CC2)cc1. The van der Waals surface area contributed by atoms with Crippen molar-refractivity contribution in [1.29, 1.82) is 0 Å². The van der Waals surface area contributed by atoms with Crippen LogP contribution in [0.15, 0.2) is 35.2 Å². The number of carbonyl (C=O) groups excluding carboxylic acids is 1. The summed E-state index contributed by atoms with van der Waals surface area (Å²) >= 11 is 0. The van der Waals surface area contributed by atoms with Crippen molar-refractivity contribution in [2.75, 3.05) is 26.7 Å². The minimum atomic E-state index is -3.60. The van der Waals surface area contributed by atoms with Crippen LogP contribution in [-0.2, 0) is 21.4 Å². The second kappa shape index (κ2) is 10.3. The molecule has 1 amide bonds. The van der Waals surface area contributed by atoms with E-state index in [-0.39, 0.29) is 11.8 Å². The Hall–Kier alpha value is -2.38. The average Bonchev–Trinajstić information content (AvgIpc) is 2.79. The summed E-state index contributed by atoms with van der Waals surface area (Å²) in [5.74, 6) is 0.725. The molecule has 180 valence electrons. The van der Waals surface area contributed by atoms with Crippen LogP contribution in [0.5, 0.6) is 5.75 Å². The highest BCUT2D eigenvalue weighted by Crippen LogP contribution is 2.31. The molecule has 3 rings (SSSR count). The molecule has 0 bridgehead atoms. The molecule has 1 fully saturated rings. The van der Waals surface area contributed by atoms with Crippen LogP contribution in [0.1, 0.15) is 47.6 Å². The highest BCUT2D eigenvalue weighted by molar-refractivity contribution is 7.89. The number of piperidine rings is 1. The fourth-order valence-corrected chi connectivity index (χ4v) is 6.61. The van der Waals surface area contributed by atoms with E-state index >= 15 is 0 Å². The highest BCUT2D eigenvalue weighted by atomic mass is 32.2. The highest BCUT2D eigenvalue weighted by Gasteiger charge is 2.35. The Balaban J connectivity index is 1.65. The molecule has 0 N–H and O–H groups in total. The Bertz CT molecular complexity index is 1080. The first-order valence-electron chi connectivity index (χ1n) is 11.6. The van der Waals surface area contributed by atoms with E-state index in [9.17, 15) is 13.2 Å². The lowest BCUT2D eigenvalue weighted by atomic mass is 9.96. The van der Waals surface area contributed by atoms with Gasteiger partial charge in [-0.25, -0.2) is 8.42 Å². The van der Waals surface area contributed by atoms with E-state index in [0.29, 0.717) is 44.0 Å². The van der Waals surface area contributed by atoms with Gasteiger partial charge in [-0.1, -0.05) is 18.2 Å². The van der Waals surface area contributed by atoms with E-state index in [1.54, 1.807) is 9.21 Å². The number of hydrogen-bond acceptors (Lipinski definition) is 4. The molecule has 1 heterocycles. The van der Waals surface area contributed by atoms with Crippen LogP contribution in [0.2, 0.25) is 0 Å². The van der Waals surface area contributed by atoms with Gasteiger partial charge in [0.05, 0.1) is 11.5 Å². The van der Waals surface area contributed by atoms with Gasteiger partial charge in [0, 0.05) is 32.6 Å². The number of sulfonamides is 1. The molecule has 2 aromatic rings. The molecule has 0 radical (unpaired) electrons. The summed E-state index contributed by atoms with van der Waals surface area (Å²) in [6, 6.07) is 9.81. The number of rotatable bonds is 7. The molecule has 1 saturated heterocycles. The lowest BCUT2D eigenvalue weighted by Gasteiger charge is -2.33. The second-order valence-electron chi connectivity index (χ2n) is 9.04. The summed E-state index contributed by atoms with van der Waals surface area (Å²) in [4.78, 5) is 15.2. The zero-order valence-electron chi connectivity index (χ0n) is 20.6. The topological polar surface area (TPSA) is 66.9 Å². The van der Waals surface area contributed by atoms with Gasteiger partial charge in [-0.3, -0.25) is 4.79 Å². The van der Waals surface area contributed by atoms with Crippen LogP contribution in [-0.4, -0.2) is 50.3 Å². The largest absolute Gasteiger partial charge is 0.494 e. The van der Waals surface area contributed by atoms with E-state index in [4.69, 9.17) is 4.74 Å². The molecule has 7 heteroatoms. The minimum Gasteiger partial charge on any atom is -0.494 e. The van der Waals surface area contributed by atoms with Gasteiger partial charge in [-0.05, 0) is 87.4 Å². The number of aryl methyl sites for hydroxylation is 2. The van der Waals surface area contributed by atoms with Crippen molar-refractivity contribution in [1.82, 2.24) is 9.21 Å². The van der Waals surface area contributed by atoms with Crippen molar-refractivity contribution in [3.63, 3.8) is 0 Å². The molecule has 2 aromatic carbocycles. The summed E-state index contributed by atoms with van der Waals surface area (Å²) in [5, 5.41) is 0. The maximum atomic E-state index is 13.5. The smallest absolute Gasteiger partial charge is 0.243 e. The fourth-order valence-electron chi connectivity index (χ4n) is 4.56. The molecule has 0 aromatic heterocycles. The monoisotopic (exact) mass is 472 g/mol. The predicted molar refractivity (Wildman–Crippen MR) is 131 cm³/mol. The van der Waals surface area contributed by atoms with E-state index in [1.807, 2.05) is 72.0 Å². The Morgan fingerprint density at radius 2 is 1.58 bits per heavy atom. The molecule has 0 unspecified atom stereocenters. The minimum absolute atomic E-state index is 0.0692. The number of carbonyl (C=O) groups is 1. The van der Waals surface area contributed by atoms with Gasteiger partial charge < -0.3 is 9.64 Å². The first-order valence-corrected chi connectivity index (χ1v) is 13.0. The van der Waals surface area contributed by atoms with Crippen molar-refractivity contribution >= 4 is 15.9 Å². The average molecular weight is 473 g/mol. The predicted octanol–water partition coefficient (Wildman–Crippen LogP) is 4.38. The first kappa shape index (κ1) is 25.2. The standard InChI is InChI=1S/C26H36N2O4S/c1-7-32-24-10-8-22(9-11-24)17-27(6)26(29)23-12-14-28(15-13-23)33(30,31)25-20(4)18(2)16-19(3)21(25)5/h8-11,16,23H,7,12-15,17H2,1-6H3. The Morgan fingerprint density at radius 1 is 1.03 bits per heavy atom. The van der Waals surface area contributed by atoms with E-state index in [2.05, 4.69) is 0 Å². The lowest BCUT2D eigenvalue weighted by molar-refractivity contribution is -0.135. The molecule has 33 heavy (non-hydrogen) atoms. The Labute approximate surface area is 198 Å². The summed E-state index contributed by atoms with van der Waals surface area (Å²) in [6.45, 7) is 11.5. The van der Waals surface area contributed by atoms with Crippen molar-refractivity contribution in [2.45, 2.75) is 58.9 Å². The van der Waals surface area contributed by atoms with Crippen LogP contribution in [0.25, 0.3) is 0 Å². The molecule has 0 atom stereocenters. The fraction of sp³-hybridized carbons (Fsp3) is 0.500. The van der Waals surface area contributed by atoms with Crippen LogP contribution in [0, 0.1) is 33.6 Å². The van der Waals surface area contributed by atoms with Crippen LogP contribution < -0.4 is 4.74 Å². The zero-order chi connectivity index (χ0) is 24.3. The van der Waals surface area contributed by atoms with Gasteiger partial charge in [-0.2, -0.15) is 4.31 Å². The van der Waals surface area contributed by atoms with Crippen LogP contribution in [0.3, 0.4) is 0 Å². The molecule has 1 aliphatic rings. The van der Waals surface area contributed by atoms with Gasteiger partial charge in [0.25, 0.3) is 0 Å². The first-order chi connectivity index (χ1) is 15.6. The van der Waals surface area contributed by atoms with Gasteiger partial charge in [-0.15, -0.1) is 0 Å². The number of ether oxygens (including phenoxy) is 1. The summed E-state index contributed by atoms with van der Waals surface area (Å²) in [5.41, 5.74) is 4.63. The Morgan fingerprint density at radius 3 is 2.09 bits per heavy atom. The molecular weight excluding hydrogens is 436 g/mol. The molecule has 1 aliphatic heterocycles. The number of amides is 1. The molecule has 0 aliphatic carbocycles. The lowest BCUT2D eigenvalue weighted by Crippen LogP contribution is -2.43. The molecular formula is C26H36N2O4S. The zero-order valence-corrected chi connectivity index (χ0v) is 21.5. The van der Waals surface area contributed by atoms with Gasteiger partial charge in [0.2, 0.25) is 15.9 Å². The van der Waals surface area contributed by atoms with Gasteiger partial charge in [0.1, 0.15) is 5.75 Å². The van der Waals surface area contributed by atoms with E-state index in [1.165, 1.54) is 0 Å². The van der Waals surface area contributed by atoms with Crippen LogP contribution >= 0.6 is 0 Å². The maximum absolute atomic E-state index is 13.5. The quantitative estimate of drug-likeness (QED) is 0.600. The van der Waals surface area contributed by atoms with E-state index in [0.717, 1.165) is 33.6 Å². The van der Waals surface area contributed by atoms with E-state index < -0.39 is 10.0 Å². The normalized spacial score (nSPS) is 15.5. The number of hydrogen-bond donors (Lipinski definition) is 0. The van der Waals surface area contributed by atoms with Crippen molar-refractivity contribution in [3.05, 3.63) is 58.1 Å². The number of nitrogens with zero attached hydrogens (tertiary/aromatic N) is 2. The van der Waals surface area contributed by atoms with Gasteiger partial charge in [0.15, 0.2) is 0 Å². The molecule has 0 saturated carbocycles. The third kappa shape index (κ3) is 5.41. The maximum Gasteiger partial charge on any atom is 0.243 e. The second-order valence-corrected chi connectivity index (χ2v) is 10.9. The summed E-state index contributed by atoms with van der Waals surface area (Å²) in [6.07, 6.45) is 1.07.